The van der Waals surface area contributed by atoms with Crippen molar-refractivity contribution in [2.24, 2.45) is 5.92 Å². The van der Waals surface area contributed by atoms with Gasteiger partial charge in [0, 0.05) is 18.8 Å². The van der Waals surface area contributed by atoms with E-state index in [1.54, 1.807) is 17.0 Å². The molecule has 0 bridgehead atoms. The van der Waals surface area contributed by atoms with E-state index in [1.807, 2.05) is 29.9 Å². The largest absolute Gasteiger partial charge is 0.452 e. The number of aryl methyl sites for hydroxylation is 1. The van der Waals surface area contributed by atoms with Crippen molar-refractivity contribution in [3.8, 4) is 5.69 Å². The third kappa shape index (κ3) is 4.50. The molecule has 2 aromatic rings. The molecule has 1 amide bonds. The normalized spacial score (nSPS) is 15.0. The number of likely N-dealkylation sites (tertiary alicyclic amines) is 1. The van der Waals surface area contributed by atoms with Gasteiger partial charge in [-0.05, 0) is 56.2 Å². The number of hydrogen-bond donors (Lipinski definition) is 0. The van der Waals surface area contributed by atoms with Gasteiger partial charge >= 0.3 is 5.97 Å². The van der Waals surface area contributed by atoms with Crippen LogP contribution >= 0.6 is 11.8 Å². The third-order valence-corrected chi connectivity index (χ3v) is 5.43. The van der Waals surface area contributed by atoms with Crippen molar-refractivity contribution in [1.82, 2.24) is 19.7 Å². The molecule has 0 radical (unpaired) electrons. The number of hydrogen-bond acceptors (Lipinski definition) is 6. The second kappa shape index (κ2) is 8.56. The zero-order valence-corrected chi connectivity index (χ0v) is 16.7. The molecule has 1 aromatic carbocycles. The van der Waals surface area contributed by atoms with Crippen LogP contribution in [0.4, 0.5) is 0 Å². The summed E-state index contributed by atoms with van der Waals surface area (Å²) in [7, 11) is 0. The van der Waals surface area contributed by atoms with Crippen molar-refractivity contribution >= 4 is 23.6 Å². The SMILES string of the molecule is CSc1nnc(C)n1-c1ccc(C(=O)OCC(=O)N2CCC(C)CC2)cc1. The molecule has 1 aliphatic rings. The maximum Gasteiger partial charge on any atom is 0.338 e. The molecular weight excluding hydrogens is 364 g/mol. The number of ether oxygens (including phenoxy) is 1. The van der Waals surface area contributed by atoms with Gasteiger partial charge in [0.05, 0.1) is 5.56 Å². The zero-order chi connectivity index (χ0) is 19.4. The molecular formula is C19H24N4O3S. The summed E-state index contributed by atoms with van der Waals surface area (Å²) in [5.41, 5.74) is 1.28. The van der Waals surface area contributed by atoms with Crippen molar-refractivity contribution in [1.29, 1.82) is 0 Å². The average molecular weight is 388 g/mol. The average Bonchev–Trinajstić information content (AvgIpc) is 3.07. The lowest BCUT2D eigenvalue weighted by Crippen LogP contribution is -2.40. The highest BCUT2D eigenvalue weighted by molar-refractivity contribution is 7.98. The Balaban J connectivity index is 1.59. The molecule has 8 heteroatoms. The molecule has 0 aliphatic carbocycles. The second-order valence-corrected chi connectivity index (χ2v) is 7.53. The molecule has 7 nitrogen and oxygen atoms in total. The van der Waals surface area contributed by atoms with Crippen LogP contribution in [0.1, 0.15) is 35.9 Å². The van der Waals surface area contributed by atoms with Crippen molar-refractivity contribution in [3.63, 3.8) is 0 Å². The van der Waals surface area contributed by atoms with E-state index in [2.05, 4.69) is 17.1 Å². The number of benzene rings is 1. The van der Waals surface area contributed by atoms with Crippen LogP contribution in [-0.4, -0.2) is 57.5 Å². The predicted molar refractivity (Wildman–Crippen MR) is 103 cm³/mol. The highest BCUT2D eigenvalue weighted by Crippen LogP contribution is 2.20. The number of rotatable bonds is 5. The van der Waals surface area contributed by atoms with Crippen LogP contribution in [0.5, 0.6) is 0 Å². The highest BCUT2D eigenvalue weighted by Gasteiger charge is 2.21. The standard InChI is InChI=1S/C19H24N4O3S/c1-13-8-10-22(11-9-13)17(24)12-26-18(25)15-4-6-16(7-5-15)23-14(2)20-21-19(23)27-3/h4-7,13H,8-12H2,1-3H3. The Morgan fingerprint density at radius 1 is 1.19 bits per heavy atom. The topological polar surface area (TPSA) is 77.3 Å². The Morgan fingerprint density at radius 2 is 1.85 bits per heavy atom. The first-order chi connectivity index (χ1) is 13.0. The van der Waals surface area contributed by atoms with Crippen LogP contribution in [0, 0.1) is 12.8 Å². The predicted octanol–water partition coefficient (Wildman–Crippen LogP) is 2.71. The van der Waals surface area contributed by atoms with Gasteiger partial charge < -0.3 is 9.64 Å². The molecule has 0 saturated carbocycles. The molecule has 3 rings (SSSR count). The maximum atomic E-state index is 12.2. The van der Waals surface area contributed by atoms with Crippen molar-refractivity contribution in [2.45, 2.75) is 31.8 Å². The number of piperidine rings is 1. The first-order valence-corrected chi connectivity index (χ1v) is 10.2. The summed E-state index contributed by atoms with van der Waals surface area (Å²) in [6.45, 7) is 5.33. The molecule has 2 heterocycles. The van der Waals surface area contributed by atoms with E-state index in [9.17, 15) is 9.59 Å². The van der Waals surface area contributed by atoms with Crippen LogP contribution < -0.4 is 0 Å². The zero-order valence-electron chi connectivity index (χ0n) is 15.8. The molecule has 144 valence electrons. The Hall–Kier alpha value is -2.35. The Kier molecular flexibility index (Phi) is 6.15. The summed E-state index contributed by atoms with van der Waals surface area (Å²) in [6, 6.07) is 7.02. The maximum absolute atomic E-state index is 12.2. The molecule has 0 atom stereocenters. The van der Waals surface area contributed by atoms with Crippen LogP contribution in [0.3, 0.4) is 0 Å². The smallest absolute Gasteiger partial charge is 0.338 e. The number of esters is 1. The quantitative estimate of drug-likeness (QED) is 0.579. The molecule has 0 N–H and O–H groups in total. The van der Waals surface area contributed by atoms with Crippen molar-refractivity contribution in [3.05, 3.63) is 35.7 Å². The lowest BCUT2D eigenvalue weighted by atomic mass is 9.99. The molecule has 0 spiro atoms. The van der Waals surface area contributed by atoms with Gasteiger partial charge in [-0.1, -0.05) is 18.7 Å². The molecule has 1 aromatic heterocycles. The minimum absolute atomic E-state index is 0.128. The third-order valence-electron chi connectivity index (χ3n) is 4.80. The summed E-state index contributed by atoms with van der Waals surface area (Å²) in [6.07, 6.45) is 3.94. The van der Waals surface area contributed by atoms with Crippen molar-refractivity contribution in [2.75, 3.05) is 26.0 Å². The van der Waals surface area contributed by atoms with Gasteiger partial charge in [0.2, 0.25) is 0 Å². The highest BCUT2D eigenvalue weighted by atomic mass is 32.2. The van der Waals surface area contributed by atoms with E-state index < -0.39 is 5.97 Å². The summed E-state index contributed by atoms with van der Waals surface area (Å²) >= 11 is 1.50. The lowest BCUT2D eigenvalue weighted by Gasteiger charge is -2.30. The Labute approximate surface area is 163 Å². The first-order valence-electron chi connectivity index (χ1n) is 9.01. The summed E-state index contributed by atoms with van der Waals surface area (Å²) in [5.74, 6) is 0.801. The summed E-state index contributed by atoms with van der Waals surface area (Å²) in [4.78, 5) is 26.2. The van der Waals surface area contributed by atoms with Crippen LogP contribution in [0.15, 0.2) is 29.4 Å². The number of amides is 1. The second-order valence-electron chi connectivity index (χ2n) is 6.76. The monoisotopic (exact) mass is 388 g/mol. The number of nitrogens with zero attached hydrogens (tertiary/aromatic N) is 4. The van der Waals surface area contributed by atoms with Gasteiger partial charge in [-0.15, -0.1) is 10.2 Å². The van der Waals surface area contributed by atoms with Gasteiger partial charge in [0.15, 0.2) is 11.8 Å². The van der Waals surface area contributed by atoms with E-state index in [0.29, 0.717) is 11.5 Å². The number of carbonyl (C=O) groups excluding carboxylic acids is 2. The minimum Gasteiger partial charge on any atom is -0.452 e. The van der Waals surface area contributed by atoms with Crippen LogP contribution in [0.2, 0.25) is 0 Å². The summed E-state index contributed by atoms with van der Waals surface area (Å²) < 4.78 is 7.12. The van der Waals surface area contributed by atoms with Crippen molar-refractivity contribution < 1.29 is 14.3 Å². The van der Waals surface area contributed by atoms with E-state index in [0.717, 1.165) is 42.6 Å². The van der Waals surface area contributed by atoms with Crippen LogP contribution in [0.25, 0.3) is 5.69 Å². The Morgan fingerprint density at radius 3 is 2.48 bits per heavy atom. The Bertz CT molecular complexity index is 811. The molecule has 1 saturated heterocycles. The van der Waals surface area contributed by atoms with Gasteiger partial charge in [-0.2, -0.15) is 0 Å². The first kappa shape index (κ1) is 19.4. The van der Waals surface area contributed by atoms with Gasteiger partial charge in [-0.3, -0.25) is 9.36 Å². The number of carbonyl (C=O) groups is 2. The van der Waals surface area contributed by atoms with E-state index in [4.69, 9.17) is 4.74 Å². The van der Waals surface area contributed by atoms with E-state index >= 15 is 0 Å². The minimum atomic E-state index is -0.495. The fourth-order valence-corrected chi connectivity index (χ4v) is 3.62. The number of thioether (sulfide) groups is 1. The number of aromatic nitrogens is 3. The fourth-order valence-electron chi connectivity index (χ4n) is 3.08. The van der Waals surface area contributed by atoms with Gasteiger partial charge in [0.1, 0.15) is 5.82 Å². The fraction of sp³-hybridized carbons (Fsp3) is 0.474. The van der Waals surface area contributed by atoms with E-state index in [1.165, 1.54) is 11.8 Å². The van der Waals surface area contributed by atoms with E-state index in [-0.39, 0.29) is 12.5 Å². The lowest BCUT2D eigenvalue weighted by molar-refractivity contribution is -0.135. The van der Waals surface area contributed by atoms with Gasteiger partial charge in [0.25, 0.3) is 5.91 Å². The molecule has 1 fully saturated rings. The van der Waals surface area contributed by atoms with Gasteiger partial charge in [-0.25, -0.2) is 4.79 Å². The molecule has 0 unspecified atom stereocenters. The molecule has 27 heavy (non-hydrogen) atoms. The summed E-state index contributed by atoms with van der Waals surface area (Å²) in [5, 5.41) is 8.97. The van der Waals surface area contributed by atoms with Crippen LogP contribution in [-0.2, 0) is 9.53 Å². The molecule has 1 aliphatic heterocycles.